The van der Waals surface area contributed by atoms with E-state index in [0.29, 0.717) is 6.54 Å². The number of nitrogens with two attached hydrogens (primary N) is 1. The Bertz CT molecular complexity index is 203. The Morgan fingerprint density at radius 1 is 1.45 bits per heavy atom. The van der Waals surface area contributed by atoms with Gasteiger partial charge in [0, 0.05) is 13.1 Å². The maximum Gasteiger partial charge on any atom is 0.138 e. The van der Waals surface area contributed by atoms with Gasteiger partial charge in [0.05, 0.1) is 0 Å². The Morgan fingerprint density at radius 2 is 2.36 bits per heavy atom. The maximum atomic E-state index is 5.25. The summed E-state index contributed by atoms with van der Waals surface area (Å²) >= 11 is 0. The van der Waals surface area contributed by atoms with E-state index in [1.54, 1.807) is 11.0 Å². The molecular formula is C6H11N5. The maximum absolute atomic E-state index is 5.25. The van der Waals surface area contributed by atoms with Gasteiger partial charge in [0.15, 0.2) is 0 Å². The summed E-state index contributed by atoms with van der Waals surface area (Å²) in [6.45, 7) is 1.40. The predicted molar refractivity (Wildman–Crippen MR) is 40.6 cm³/mol. The third-order valence-corrected chi connectivity index (χ3v) is 1.22. The summed E-state index contributed by atoms with van der Waals surface area (Å²) in [6, 6.07) is 0. The molecular weight excluding hydrogens is 142 g/mol. The number of tetrazole rings is 1. The van der Waals surface area contributed by atoms with Gasteiger partial charge in [-0.05, 0) is 16.8 Å². The molecule has 5 heteroatoms. The van der Waals surface area contributed by atoms with Crippen LogP contribution in [0, 0.1) is 0 Å². The van der Waals surface area contributed by atoms with E-state index in [9.17, 15) is 0 Å². The predicted octanol–water partition coefficient (Wildman–Crippen LogP) is -0.422. The number of aromatic nitrogens is 4. The molecule has 1 heterocycles. The van der Waals surface area contributed by atoms with Crippen LogP contribution in [0.5, 0.6) is 0 Å². The van der Waals surface area contributed by atoms with E-state index in [1.807, 2.05) is 12.2 Å². The van der Waals surface area contributed by atoms with Crippen molar-refractivity contribution in [1.82, 2.24) is 20.2 Å². The first-order chi connectivity index (χ1) is 5.43. The summed E-state index contributed by atoms with van der Waals surface area (Å²) in [5.74, 6) is 0. The van der Waals surface area contributed by atoms with Gasteiger partial charge in [-0.15, -0.1) is 5.10 Å². The largest absolute Gasteiger partial charge is 0.327 e. The summed E-state index contributed by atoms with van der Waals surface area (Å²) in [7, 11) is 0. The monoisotopic (exact) mass is 153 g/mol. The van der Waals surface area contributed by atoms with E-state index in [1.165, 1.54) is 0 Å². The number of aryl methyl sites for hydroxylation is 1. The molecule has 1 aromatic heterocycles. The molecule has 0 saturated carbocycles. The highest BCUT2D eigenvalue weighted by atomic mass is 15.5. The summed E-state index contributed by atoms with van der Waals surface area (Å²) in [4.78, 5) is 0. The fourth-order valence-corrected chi connectivity index (χ4v) is 0.704. The molecule has 0 spiro atoms. The van der Waals surface area contributed by atoms with Gasteiger partial charge in [-0.2, -0.15) is 0 Å². The van der Waals surface area contributed by atoms with E-state index in [-0.39, 0.29) is 0 Å². The van der Waals surface area contributed by atoms with Crippen LogP contribution in [-0.2, 0) is 6.54 Å². The van der Waals surface area contributed by atoms with Gasteiger partial charge in [0.1, 0.15) is 6.33 Å². The zero-order valence-corrected chi connectivity index (χ0v) is 6.22. The molecule has 0 atom stereocenters. The van der Waals surface area contributed by atoms with Gasteiger partial charge in [-0.3, -0.25) is 0 Å². The van der Waals surface area contributed by atoms with Crippen molar-refractivity contribution in [3.05, 3.63) is 18.5 Å². The normalized spacial score (nSPS) is 11.0. The van der Waals surface area contributed by atoms with Crippen LogP contribution in [0.2, 0.25) is 0 Å². The van der Waals surface area contributed by atoms with Crippen molar-refractivity contribution in [3.63, 3.8) is 0 Å². The van der Waals surface area contributed by atoms with Crippen LogP contribution >= 0.6 is 0 Å². The molecule has 60 valence electrons. The highest BCUT2D eigenvalue weighted by Gasteiger charge is 1.87. The highest BCUT2D eigenvalue weighted by Crippen LogP contribution is 1.86. The van der Waals surface area contributed by atoms with Gasteiger partial charge < -0.3 is 5.73 Å². The van der Waals surface area contributed by atoms with Crippen molar-refractivity contribution in [1.29, 1.82) is 0 Å². The molecule has 0 bridgehead atoms. The molecule has 0 saturated heterocycles. The molecule has 0 radical (unpaired) electrons. The van der Waals surface area contributed by atoms with E-state index in [0.717, 1.165) is 13.0 Å². The van der Waals surface area contributed by atoms with Crippen molar-refractivity contribution in [2.24, 2.45) is 5.73 Å². The highest BCUT2D eigenvalue weighted by molar-refractivity contribution is 4.81. The number of hydrogen-bond donors (Lipinski definition) is 1. The summed E-state index contributed by atoms with van der Waals surface area (Å²) in [6.07, 6.45) is 6.45. The Hall–Kier alpha value is -1.23. The molecule has 5 nitrogen and oxygen atoms in total. The Kier molecular flexibility index (Phi) is 3.27. The average molecular weight is 153 g/mol. The summed E-state index contributed by atoms with van der Waals surface area (Å²) in [5, 5.41) is 10.7. The van der Waals surface area contributed by atoms with Crippen molar-refractivity contribution >= 4 is 0 Å². The minimum atomic E-state index is 0.593. The molecule has 0 unspecified atom stereocenters. The van der Waals surface area contributed by atoms with Crippen LogP contribution in [0.3, 0.4) is 0 Å². The molecule has 0 amide bonds. The minimum Gasteiger partial charge on any atom is -0.327 e. The van der Waals surface area contributed by atoms with Crippen LogP contribution in [0.4, 0.5) is 0 Å². The second kappa shape index (κ2) is 4.56. The zero-order chi connectivity index (χ0) is 7.94. The first-order valence-electron chi connectivity index (χ1n) is 3.49. The standard InChI is InChI=1S/C6H11N5/c7-4-2-1-3-5-11-6-8-9-10-11/h1-2,6H,3-5,7H2/b2-1+. The molecule has 0 aliphatic carbocycles. The van der Waals surface area contributed by atoms with E-state index >= 15 is 0 Å². The van der Waals surface area contributed by atoms with Crippen molar-refractivity contribution < 1.29 is 0 Å². The third kappa shape index (κ3) is 2.90. The van der Waals surface area contributed by atoms with Gasteiger partial charge >= 0.3 is 0 Å². The lowest BCUT2D eigenvalue weighted by Crippen LogP contribution is -1.98. The van der Waals surface area contributed by atoms with Crippen LogP contribution in [0.15, 0.2) is 18.5 Å². The van der Waals surface area contributed by atoms with Crippen LogP contribution < -0.4 is 5.73 Å². The van der Waals surface area contributed by atoms with Crippen LogP contribution in [0.25, 0.3) is 0 Å². The second-order valence-corrected chi connectivity index (χ2v) is 2.07. The van der Waals surface area contributed by atoms with E-state index in [2.05, 4.69) is 15.5 Å². The summed E-state index contributed by atoms with van der Waals surface area (Å²) in [5.41, 5.74) is 5.25. The van der Waals surface area contributed by atoms with Crippen molar-refractivity contribution in [2.75, 3.05) is 6.54 Å². The lowest BCUT2D eigenvalue weighted by Gasteiger charge is -1.92. The Labute approximate surface area is 64.9 Å². The van der Waals surface area contributed by atoms with Crippen LogP contribution in [-0.4, -0.2) is 26.8 Å². The zero-order valence-electron chi connectivity index (χ0n) is 6.22. The quantitative estimate of drug-likeness (QED) is 0.596. The number of nitrogens with zero attached hydrogens (tertiary/aromatic N) is 4. The molecule has 11 heavy (non-hydrogen) atoms. The van der Waals surface area contributed by atoms with Crippen LogP contribution in [0.1, 0.15) is 6.42 Å². The lowest BCUT2D eigenvalue weighted by atomic mass is 10.4. The molecule has 0 aromatic carbocycles. The first-order valence-corrected chi connectivity index (χ1v) is 3.49. The average Bonchev–Trinajstić information content (AvgIpc) is 2.50. The van der Waals surface area contributed by atoms with E-state index < -0.39 is 0 Å². The first kappa shape index (κ1) is 7.87. The number of rotatable bonds is 4. The van der Waals surface area contributed by atoms with Crippen molar-refractivity contribution in [2.45, 2.75) is 13.0 Å². The molecule has 0 aliphatic rings. The molecule has 1 aromatic rings. The van der Waals surface area contributed by atoms with E-state index in [4.69, 9.17) is 5.73 Å². The van der Waals surface area contributed by atoms with Gasteiger partial charge in [-0.1, -0.05) is 12.2 Å². The fraction of sp³-hybridized carbons (Fsp3) is 0.500. The smallest absolute Gasteiger partial charge is 0.138 e. The Balaban J connectivity index is 2.19. The third-order valence-electron chi connectivity index (χ3n) is 1.22. The van der Waals surface area contributed by atoms with Gasteiger partial charge in [-0.25, -0.2) is 4.68 Å². The molecule has 0 fully saturated rings. The van der Waals surface area contributed by atoms with Gasteiger partial charge in [0.25, 0.3) is 0 Å². The molecule has 1 rings (SSSR count). The second-order valence-electron chi connectivity index (χ2n) is 2.07. The molecule has 0 aliphatic heterocycles. The van der Waals surface area contributed by atoms with Gasteiger partial charge in [0.2, 0.25) is 0 Å². The van der Waals surface area contributed by atoms with Crippen molar-refractivity contribution in [3.8, 4) is 0 Å². The molecule has 2 N–H and O–H groups in total. The SMILES string of the molecule is NC/C=C/CCn1cnnn1. The minimum absolute atomic E-state index is 0.593. The summed E-state index contributed by atoms with van der Waals surface area (Å²) < 4.78 is 1.68. The fourth-order valence-electron chi connectivity index (χ4n) is 0.704. The topological polar surface area (TPSA) is 69.6 Å². The number of hydrogen-bond acceptors (Lipinski definition) is 4. The lowest BCUT2D eigenvalue weighted by molar-refractivity contribution is 0.595. The number of allylic oxidation sites excluding steroid dienone is 1. The Morgan fingerprint density at radius 3 is 3.00 bits per heavy atom.